The normalized spacial score (nSPS) is 15.8. The summed E-state index contributed by atoms with van der Waals surface area (Å²) in [6, 6.07) is 11.3. The molecule has 6 nitrogen and oxygen atoms in total. The number of hydrogen-bond acceptors (Lipinski definition) is 5. The number of fused-ring (bicyclic) bond motifs is 1. The van der Waals surface area contributed by atoms with Crippen LogP contribution in [0.15, 0.2) is 53.4 Å². The van der Waals surface area contributed by atoms with Crippen LogP contribution in [0.2, 0.25) is 0 Å². The van der Waals surface area contributed by atoms with Crippen LogP contribution in [0.5, 0.6) is 0 Å². The fourth-order valence-corrected chi connectivity index (χ4v) is 4.83. The first-order chi connectivity index (χ1) is 14.3. The Balaban J connectivity index is 1.50. The lowest BCUT2D eigenvalue weighted by Crippen LogP contribution is -2.45. The van der Waals surface area contributed by atoms with E-state index in [0.717, 1.165) is 12.1 Å². The molecule has 0 spiro atoms. The molecule has 1 aromatic heterocycles. The van der Waals surface area contributed by atoms with Crippen molar-refractivity contribution >= 4 is 26.7 Å². The Bertz CT molecular complexity index is 1150. The van der Waals surface area contributed by atoms with E-state index in [-0.39, 0.29) is 10.9 Å². The molecule has 2 heterocycles. The van der Waals surface area contributed by atoms with E-state index in [9.17, 15) is 21.6 Å². The van der Waals surface area contributed by atoms with Crippen molar-refractivity contribution in [1.29, 1.82) is 0 Å². The molecule has 30 heavy (non-hydrogen) atoms. The SMILES string of the molecule is O=S(=O)(NC1CCN(c2nc(C(F)F)nc3ccccc23)CC1)c1ccc(F)cc1. The zero-order valence-corrected chi connectivity index (χ0v) is 16.6. The Morgan fingerprint density at radius 3 is 2.33 bits per heavy atom. The number of anilines is 1. The fraction of sp³-hybridized carbons (Fsp3) is 0.300. The van der Waals surface area contributed by atoms with E-state index < -0.39 is 28.1 Å². The van der Waals surface area contributed by atoms with E-state index in [2.05, 4.69) is 14.7 Å². The number of alkyl halides is 2. The van der Waals surface area contributed by atoms with Crippen molar-refractivity contribution < 1.29 is 21.6 Å². The van der Waals surface area contributed by atoms with E-state index in [1.807, 2.05) is 4.90 Å². The fourth-order valence-electron chi connectivity index (χ4n) is 3.53. The highest BCUT2D eigenvalue weighted by atomic mass is 32.2. The maximum atomic E-state index is 13.2. The molecule has 0 radical (unpaired) electrons. The summed E-state index contributed by atoms with van der Waals surface area (Å²) in [5.74, 6) is -0.610. The number of rotatable bonds is 5. The molecule has 1 N–H and O–H groups in total. The molecule has 3 aromatic rings. The molecule has 0 atom stereocenters. The molecule has 10 heteroatoms. The number of para-hydroxylation sites is 1. The van der Waals surface area contributed by atoms with Gasteiger partial charge in [-0.25, -0.2) is 36.3 Å². The van der Waals surface area contributed by atoms with Crippen LogP contribution < -0.4 is 9.62 Å². The third-order valence-corrected chi connectivity index (χ3v) is 6.57. The van der Waals surface area contributed by atoms with Crippen molar-refractivity contribution in [1.82, 2.24) is 14.7 Å². The third-order valence-electron chi connectivity index (χ3n) is 5.04. The predicted molar refractivity (Wildman–Crippen MR) is 106 cm³/mol. The quantitative estimate of drug-likeness (QED) is 0.661. The standard InChI is InChI=1S/C20H19F3N4O2S/c21-13-5-7-15(8-6-13)30(28,29)26-14-9-11-27(12-10-14)20-16-3-1-2-4-17(16)24-19(25-20)18(22)23/h1-8,14,18,26H,9-12H2. The third kappa shape index (κ3) is 4.24. The van der Waals surface area contributed by atoms with Gasteiger partial charge in [0, 0.05) is 24.5 Å². The van der Waals surface area contributed by atoms with Gasteiger partial charge in [-0.1, -0.05) is 12.1 Å². The Morgan fingerprint density at radius 1 is 1.00 bits per heavy atom. The highest BCUT2D eigenvalue weighted by Crippen LogP contribution is 2.29. The summed E-state index contributed by atoms with van der Waals surface area (Å²) >= 11 is 0. The largest absolute Gasteiger partial charge is 0.356 e. The number of halogens is 3. The number of hydrogen-bond donors (Lipinski definition) is 1. The van der Waals surface area contributed by atoms with Gasteiger partial charge in [-0.05, 0) is 49.2 Å². The summed E-state index contributed by atoms with van der Waals surface area (Å²) in [5.41, 5.74) is 0.442. The second kappa shape index (κ2) is 8.19. The first-order valence-electron chi connectivity index (χ1n) is 9.41. The molecule has 0 amide bonds. The van der Waals surface area contributed by atoms with Crippen molar-refractivity contribution in [2.75, 3.05) is 18.0 Å². The van der Waals surface area contributed by atoms with E-state index in [1.54, 1.807) is 24.3 Å². The van der Waals surface area contributed by atoms with Gasteiger partial charge in [0.05, 0.1) is 10.4 Å². The molecule has 1 aliphatic heterocycles. The first-order valence-corrected chi connectivity index (χ1v) is 10.9. The van der Waals surface area contributed by atoms with Crippen LogP contribution in [-0.2, 0) is 10.0 Å². The topological polar surface area (TPSA) is 75.2 Å². The van der Waals surface area contributed by atoms with E-state index >= 15 is 0 Å². The zero-order valence-electron chi connectivity index (χ0n) is 15.8. The van der Waals surface area contributed by atoms with Gasteiger partial charge < -0.3 is 4.90 Å². The van der Waals surface area contributed by atoms with Gasteiger partial charge in [-0.3, -0.25) is 0 Å². The minimum Gasteiger partial charge on any atom is -0.356 e. The highest BCUT2D eigenvalue weighted by molar-refractivity contribution is 7.89. The predicted octanol–water partition coefficient (Wildman–Crippen LogP) is 3.65. The summed E-state index contributed by atoms with van der Waals surface area (Å²) in [6.45, 7) is 0.889. The van der Waals surface area contributed by atoms with Gasteiger partial charge >= 0.3 is 0 Å². The van der Waals surface area contributed by atoms with Crippen LogP contribution in [0, 0.1) is 5.82 Å². The van der Waals surface area contributed by atoms with Crippen molar-refractivity contribution in [2.45, 2.75) is 30.2 Å². The molecule has 0 saturated carbocycles. The number of nitrogens with one attached hydrogen (secondary N) is 1. The van der Waals surface area contributed by atoms with Gasteiger partial charge in [0.1, 0.15) is 11.6 Å². The van der Waals surface area contributed by atoms with Gasteiger partial charge in [-0.2, -0.15) is 0 Å². The molecule has 158 valence electrons. The average molecular weight is 436 g/mol. The number of nitrogens with zero attached hydrogens (tertiary/aromatic N) is 3. The van der Waals surface area contributed by atoms with E-state index in [1.165, 1.54) is 12.1 Å². The maximum absolute atomic E-state index is 13.2. The molecule has 0 bridgehead atoms. The molecule has 1 saturated heterocycles. The van der Waals surface area contributed by atoms with Crippen LogP contribution in [0.3, 0.4) is 0 Å². The Morgan fingerprint density at radius 2 is 1.67 bits per heavy atom. The molecular weight excluding hydrogens is 417 g/mol. The summed E-state index contributed by atoms with van der Waals surface area (Å²) in [5, 5.41) is 0.673. The maximum Gasteiger partial charge on any atom is 0.297 e. The zero-order chi connectivity index (χ0) is 21.3. The number of piperidine rings is 1. The number of aromatic nitrogens is 2. The molecule has 1 aliphatic rings. The lowest BCUT2D eigenvalue weighted by molar-refractivity contribution is 0.141. The molecule has 0 aliphatic carbocycles. The monoisotopic (exact) mass is 436 g/mol. The van der Waals surface area contributed by atoms with Crippen LogP contribution in [-0.4, -0.2) is 37.5 Å². The van der Waals surface area contributed by atoms with Gasteiger partial charge in [-0.15, -0.1) is 0 Å². The average Bonchev–Trinajstić information content (AvgIpc) is 2.73. The molecule has 4 rings (SSSR count). The lowest BCUT2D eigenvalue weighted by atomic mass is 10.1. The van der Waals surface area contributed by atoms with Crippen molar-refractivity contribution in [3.8, 4) is 0 Å². The minimum absolute atomic E-state index is 0.00491. The molecular formula is C20H19F3N4O2S. The minimum atomic E-state index is -3.77. The van der Waals surface area contributed by atoms with Gasteiger partial charge in [0.15, 0.2) is 5.82 Å². The summed E-state index contributed by atoms with van der Waals surface area (Å²) in [7, 11) is -3.77. The molecule has 1 fully saturated rings. The second-order valence-corrected chi connectivity index (χ2v) is 8.77. The van der Waals surface area contributed by atoms with Crippen molar-refractivity contribution in [3.05, 3.63) is 60.2 Å². The van der Waals surface area contributed by atoms with Crippen LogP contribution in [0.25, 0.3) is 10.9 Å². The Labute approximate surface area is 171 Å². The smallest absolute Gasteiger partial charge is 0.297 e. The lowest BCUT2D eigenvalue weighted by Gasteiger charge is -2.33. The summed E-state index contributed by atoms with van der Waals surface area (Å²) in [4.78, 5) is 9.87. The first kappa shape index (κ1) is 20.5. The number of benzene rings is 2. The molecule has 2 aromatic carbocycles. The highest BCUT2D eigenvalue weighted by Gasteiger charge is 2.27. The molecule has 0 unspecified atom stereocenters. The summed E-state index contributed by atoms with van der Waals surface area (Å²) < 4.78 is 67.2. The van der Waals surface area contributed by atoms with Crippen molar-refractivity contribution in [2.24, 2.45) is 0 Å². The van der Waals surface area contributed by atoms with Gasteiger partial charge in [0.2, 0.25) is 10.0 Å². The van der Waals surface area contributed by atoms with Crippen LogP contribution in [0.4, 0.5) is 19.0 Å². The second-order valence-electron chi connectivity index (χ2n) is 7.06. The summed E-state index contributed by atoms with van der Waals surface area (Å²) in [6.07, 6.45) is -1.83. The van der Waals surface area contributed by atoms with Gasteiger partial charge in [0.25, 0.3) is 6.43 Å². The Hall–Kier alpha value is -2.72. The van der Waals surface area contributed by atoms with Crippen LogP contribution in [0.1, 0.15) is 25.1 Å². The van der Waals surface area contributed by atoms with Crippen molar-refractivity contribution in [3.63, 3.8) is 0 Å². The van der Waals surface area contributed by atoms with E-state index in [0.29, 0.717) is 42.7 Å². The van der Waals surface area contributed by atoms with E-state index in [4.69, 9.17) is 0 Å². The van der Waals surface area contributed by atoms with Crippen LogP contribution >= 0.6 is 0 Å². The Kier molecular flexibility index (Phi) is 5.61. The number of sulfonamides is 1.